The van der Waals surface area contributed by atoms with E-state index < -0.39 is 0 Å². The molecule has 0 unspecified atom stereocenters. The molecule has 0 bridgehead atoms. The second kappa shape index (κ2) is 6.99. The van der Waals surface area contributed by atoms with Crippen LogP contribution in [0.1, 0.15) is 5.56 Å². The zero-order valence-corrected chi connectivity index (χ0v) is 14.4. The molecule has 0 saturated heterocycles. The van der Waals surface area contributed by atoms with Crippen LogP contribution in [0.3, 0.4) is 0 Å². The topological polar surface area (TPSA) is 30.5 Å². The number of nitrogens with one attached hydrogen (secondary N) is 1. The predicted molar refractivity (Wildman–Crippen MR) is 88.7 cm³/mol. The van der Waals surface area contributed by atoms with E-state index in [-0.39, 0.29) is 0 Å². The number of hydrogen-bond donors (Lipinski definition) is 1. The van der Waals surface area contributed by atoms with Gasteiger partial charge in [-0.1, -0.05) is 28.1 Å². The summed E-state index contributed by atoms with van der Waals surface area (Å²) >= 11 is 7.08. The lowest BCUT2D eigenvalue weighted by atomic mass is 10.2. The highest BCUT2D eigenvalue weighted by atomic mass is 79.9. The molecule has 0 heterocycles. The van der Waals surface area contributed by atoms with Crippen LogP contribution >= 0.6 is 31.9 Å². The summed E-state index contributed by atoms with van der Waals surface area (Å²) in [6.45, 7) is 0.684. The molecule has 20 heavy (non-hydrogen) atoms. The maximum Gasteiger partial charge on any atom is 0.161 e. The molecule has 0 aliphatic carbocycles. The van der Waals surface area contributed by atoms with Crippen molar-refractivity contribution in [2.75, 3.05) is 19.5 Å². The first-order chi connectivity index (χ1) is 9.65. The van der Waals surface area contributed by atoms with Gasteiger partial charge in [-0.05, 0) is 45.8 Å². The van der Waals surface area contributed by atoms with Crippen molar-refractivity contribution in [3.8, 4) is 11.5 Å². The van der Waals surface area contributed by atoms with Crippen LogP contribution in [0.5, 0.6) is 11.5 Å². The lowest BCUT2D eigenvalue weighted by Gasteiger charge is -2.13. The molecule has 0 aliphatic rings. The monoisotopic (exact) mass is 399 g/mol. The minimum Gasteiger partial charge on any atom is -0.493 e. The second-order valence-electron chi connectivity index (χ2n) is 4.13. The molecule has 0 fully saturated rings. The first-order valence-corrected chi connectivity index (χ1v) is 7.63. The van der Waals surface area contributed by atoms with E-state index >= 15 is 0 Å². The van der Waals surface area contributed by atoms with Crippen molar-refractivity contribution >= 4 is 37.5 Å². The Bertz CT molecular complexity index is 602. The molecule has 2 aromatic carbocycles. The van der Waals surface area contributed by atoms with Gasteiger partial charge in [0, 0.05) is 21.2 Å². The maximum absolute atomic E-state index is 5.32. The summed E-state index contributed by atoms with van der Waals surface area (Å²) in [7, 11) is 3.26. The van der Waals surface area contributed by atoms with E-state index in [0.29, 0.717) is 12.3 Å². The minimum absolute atomic E-state index is 0.684. The molecule has 2 aromatic rings. The molecule has 0 saturated carbocycles. The highest BCUT2D eigenvalue weighted by Crippen LogP contribution is 2.34. The van der Waals surface area contributed by atoms with Crippen LogP contribution in [0.15, 0.2) is 45.3 Å². The van der Waals surface area contributed by atoms with Gasteiger partial charge in [0.2, 0.25) is 0 Å². The van der Waals surface area contributed by atoms with Gasteiger partial charge in [-0.3, -0.25) is 0 Å². The van der Waals surface area contributed by atoms with Gasteiger partial charge in [0.1, 0.15) is 0 Å². The maximum atomic E-state index is 5.32. The lowest BCUT2D eigenvalue weighted by Crippen LogP contribution is -2.02. The molecule has 0 aromatic heterocycles. The van der Waals surface area contributed by atoms with Gasteiger partial charge in [-0.25, -0.2) is 0 Å². The summed E-state index contributed by atoms with van der Waals surface area (Å²) < 4.78 is 12.6. The fourth-order valence-corrected chi connectivity index (χ4v) is 2.71. The summed E-state index contributed by atoms with van der Waals surface area (Å²) in [5.74, 6) is 1.43. The number of rotatable bonds is 5. The number of ether oxygens (including phenoxy) is 2. The Kier molecular flexibility index (Phi) is 5.31. The molecule has 0 radical (unpaired) electrons. The Labute approximate surface area is 135 Å². The Morgan fingerprint density at radius 3 is 2.25 bits per heavy atom. The number of halogens is 2. The van der Waals surface area contributed by atoms with Crippen LogP contribution in [0.4, 0.5) is 5.69 Å². The van der Waals surface area contributed by atoms with Crippen molar-refractivity contribution in [3.05, 3.63) is 50.9 Å². The first-order valence-electron chi connectivity index (χ1n) is 6.04. The molecule has 3 nitrogen and oxygen atoms in total. The van der Waals surface area contributed by atoms with Crippen LogP contribution in [-0.2, 0) is 6.54 Å². The van der Waals surface area contributed by atoms with E-state index in [1.165, 1.54) is 0 Å². The molecule has 0 atom stereocenters. The Morgan fingerprint density at radius 2 is 1.60 bits per heavy atom. The van der Waals surface area contributed by atoms with Crippen molar-refractivity contribution in [2.45, 2.75) is 6.54 Å². The highest BCUT2D eigenvalue weighted by molar-refractivity contribution is 9.11. The quantitative estimate of drug-likeness (QED) is 0.778. The van der Waals surface area contributed by atoms with E-state index in [1.807, 2.05) is 36.4 Å². The van der Waals surface area contributed by atoms with Crippen molar-refractivity contribution in [3.63, 3.8) is 0 Å². The second-order valence-corrected chi connectivity index (χ2v) is 5.84. The SMILES string of the molecule is COc1cc(Br)c(CNc2ccccc2Br)cc1OC. The third kappa shape index (κ3) is 3.46. The fraction of sp³-hybridized carbons (Fsp3) is 0.200. The summed E-state index contributed by atoms with van der Waals surface area (Å²) in [5, 5.41) is 3.39. The van der Waals surface area contributed by atoms with Gasteiger partial charge in [0.05, 0.1) is 14.2 Å². The average Bonchev–Trinajstić information content (AvgIpc) is 2.47. The van der Waals surface area contributed by atoms with Gasteiger partial charge in [0.15, 0.2) is 11.5 Å². The number of hydrogen-bond acceptors (Lipinski definition) is 3. The van der Waals surface area contributed by atoms with Gasteiger partial charge < -0.3 is 14.8 Å². The van der Waals surface area contributed by atoms with E-state index in [1.54, 1.807) is 14.2 Å². The molecular formula is C15H15Br2NO2. The zero-order chi connectivity index (χ0) is 14.5. The van der Waals surface area contributed by atoms with Crippen LogP contribution in [-0.4, -0.2) is 14.2 Å². The predicted octanol–water partition coefficient (Wildman–Crippen LogP) is 4.84. The number of anilines is 1. The number of para-hydroxylation sites is 1. The third-order valence-corrected chi connectivity index (χ3v) is 4.33. The standard InChI is InChI=1S/C15H15Br2NO2/c1-19-14-7-10(12(17)8-15(14)20-2)9-18-13-6-4-3-5-11(13)16/h3-8,18H,9H2,1-2H3. The largest absolute Gasteiger partial charge is 0.493 e. The molecular weight excluding hydrogens is 386 g/mol. The Hall–Kier alpha value is -1.20. The van der Waals surface area contributed by atoms with E-state index in [2.05, 4.69) is 37.2 Å². The van der Waals surface area contributed by atoms with Gasteiger partial charge in [-0.15, -0.1) is 0 Å². The summed E-state index contributed by atoms with van der Waals surface area (Å²) in [5.41, 5.74) is 2.15. The van der Waals surface area contributed by atoms with Crippen LogP contribution in [0, 0.1) is 0 Å². The Balaban J connectivity index is 2.19. The first kappa shape index (κ1) is 15.2. The minimum atomic E-state index is 0.684. The summed E-state index contributed by atoms with van der Waals surface area (Å²) in [6.07, 6.45) is 0. The molecule has 1 N–H and O–H groups in total. The van der Waals surface area contributed by atoms with Crippen molar-refractivity contribution < 1.29 is 9.47 Å². The molecule has 5 heteroatoms. The third-order valence-electron chi connectivity index (χ3n) is 2.90. The van der Waals surface area contributed by atoms with Crippen molar-refractivity contribution in [1.82, 2.24) is 0 Å². The van der Waals surface area contributed by atoms with Crippen molar-refractivity contribution in [2.24, 2.45) is 0 Å². The van der Waals surface area contributed by atoms with E-state index in [4.69, 9.17) is 9.47 Å². The lowest BCUT2D eigenvalue weighted by molar-refractivity contribution is 0.354. The fourth-order valence-electron chi connectivity index (χ4n) is 1.83. The molecule has 0 aliphatic heterocycles. The van der Waals surface area contributed by atoms with Crippen LogP contribution < -0.4 is 14.8 Å². The van der Waals surface area contributed by atoms with E-state index in [0.717, 1.165) is 25.9 Å². The molecule has 2 rings (SSSR count). The molecule has 0 amide bonds. The number of benzene rings is 2. The van der Waals surface area contributed by atoms with Gasteiger partial charge in [0.25, 0.3) is 0 Å². The van der Waals surface area contributed by atoms with Gasteiger partial charge >= 0.3 is 0 Å². The van der Waals surface area contributed by atoms with Crippen molar-refractivity contribution in [1.29, 1.82) is 0 Å². The smallest absolute Gasteiger partial charge is 0.161 e. The Morgan fingerprint density at radius 1 is 0.950 bits per heavy atom. The average molecular weight is 401 g/mol. The highest BCUT2D eigenvalue weighted by Gasteiger charge is 2.09. The normalized spacial score (nSPS) is 10.2. The summed E-state index contributed by atoms with van der Waals surface area (Å²) in [4.78, 5) is 0. The summed E-state index contributed by atoms with van der Waals surface area (Å²) in [6, 6.07) is 11.9. The zero-order valence-electron chi connectivity index (χ0n) is 11.2. The number of methoxy groups -OCH3 is 2. The molecule has 0 spiro atoms. The van der Waals surface area contributed by atoms with Crippen LogP contribution in [0.25, 0.3) is 0 Å². The van der Waals surface area contributed by atoms with Crippen LogP contribution in [0.2, 0.25) is 0 Å². The van der Waals surface area contributed by atoms with Gasteiger partial charge in [-0.2, -0.15) is 0 Å². The molecule has 106 valence electrons. The van der Waals surface area contributed by atoms with E-state index in [9.17, 15) is 0 Å².